The molecule has 1 aromatic rings. The Bertz CT molecular complexity index is 517. The van der Waals surface area contributed by atoms with Crippen molar-refractivity contribution in [3.8, 4) is 0 Å². The molecule has 1 aliphatic rings. The Hall–Kier alpha value is -0.430. The van der Waals surface area contributed by atoms with Crippen LogP contribution in [-0.4, -0.2) is 15.0 Å². The molecule has 0 saturated heterocycles. The average Bonchev–Trinajstić information content (AvgIpc) is 2.90. The molecule has 1 saturated carbocycles. The van der Waals surface area contributed by atoms with Crippen molar-refractivity contribution in [1.29, 1.82) is 0 Å². The maximum atomic E-state index is 12.1. The number of nitrogens with one attached hydrogen (secondary N) is 1. The number of hydrogen-bond acceptors (Lipinski definition) is 4. The van der Waals surface area contributed by atoms with Crippen LogP contribution in [0.1, 0.15) is 44.6 Å². The van der Waals surface area contributed by atoms with Gasteiger partial charge in [0.1, 0.15) is 4.21 Å². The van der Waals surface area contributed by atoms with E-state index in [9.17, 15) is 8.42 Å². The summed E-state index contributed by atoms with van der Waals surface area (Å²) in [5.74, 6) is 1.51. The molecule has 0 bridgehead atoms. The van der Waals surface area contributed by atoms with Crippen molar-refractivity contribution in [3.05, 3.63) is 17.0 Å². The van der Waals surface area contributed by atoms with Gasteiger partial charge in [0, 0.05) is 13.1 Å². The summed E-state index contributed by atoms with van der Waals surface area (Å²) >= 11 is 1.24. The second-order valence-corrected chi connectivity index (χ2v) is 8.70. The van der Waals surface area contributed by atoms with Crippen LogP contribution in [0.3, 0.4) is 0 Å². The molecule has 6 heteroatoms. The van der Waals surface area contributed by atoms with E-state index in [-0.39, 0.29) is 0 Å². The van der Waals surface area contributed by atoms with Crippen LogP contribution in [0.2, 0.25) is 0 Å². The van der Waals surface area contributed by atoms with Gasteiger partial charge in [-0.2, -0.15) is 0 Å². The molecule has 0 atom stereocenters. The third kappa shape index (κ3) is 4.28. The lowest BCUT2D eigenvalue weighted by Gasteiger charge is -2.25. The van der Waals surface area contributed by atoms with Gasteiger partial charge < -0.3 is 5.73 Å². The zero-order chi connectivity index (χ0) is 14.6. The highest BCUT2D eigenvalue weighted by atomic mass is 32.2. The van der Waals surface area contributed by atoms with E-state index in [1.165, 1.54) is 37.0 Å². The van der Waals surface area contributed by atoms with Crippen LogP contribution in [0.4, 0.5) is 0 Å². The SMILES string of the molecule is CC1CCC(CCNS(=O)(=O)c2cc(CN)cs2)CC1. The third-order valence-corrected chi connectivity index (χ3v) is 7.06. The summed E-state index contributed by atoms with van der Waals surface area (Å²) in [6.45, 7) is 3.22. The number of sulfonamides is 1. The van der Waals surface area contributed by atoms with E-state index in [4.69, 9.17) is 5.73 Å². The van der Waals surface area contributed by atoms with Crippen LogP contribution < -0.4 is 10.5 Å². The summed E-state index contributed by atoms with van der Waals surface area (Å²) in [6.07, 6.45) is 5.98. The molecule has 0 aromatic carbocycles. The molecule has 0 unspecified atom stereocenters. The predicted octanol–water partition coefficient (Wildman–Crippen LogP) is 2.70. The van der Waals surface area contributed by atoms with Crippen molar-refractivity contribution in [2.75, 3.05) is 6.54 Å². The fraction of sp³-hybridized carbons (Fsp3) is 0.714. The topological polar surface area (TPSA) is 72.2 Å². The van der Waals surface area contributed by atoms with Crippen LogP contribution in [-0.2, 0) is 16.6 Å². The van der Waals surface area contributed by atoms with E-state index in [0.717, 1.165) is 17.9 Å². The Morgan fingerprint density at radius 1 is 1.35 bits per heavy atom. The zero-order valence-corrected chi connectivity index (χ0v) is 13.6. The molecule has 2 rings (SSSR count). The highest BCUT2D eigenvalue weighted by molar-refractivity contribution is 7.91. The first kappa shape index (κ1) is 15.9. The lowest BCUT2D eigenvalue weighted by Crippen LogP contribution is -2.26. The number of thiophene rings is 1. The quantitative estimate of drug-likeness (QED) is 0.847. The van der Waals surface area contributed by atoms with E-state index in [1.807, 2.05) is 0 Å². The van der Waals surface area contributed by atoms with Gasteiger partial charge in [0.2, 0.25) is 10.0 Å². The number of rotatable bonds is 6. The molecule has 114 valence electrons. The minimum Gasteiger partial charge on any atom is -0.326 e. The average molecular weight is 316 g/mol. The second-order valence-electron chi connectivity index (χ2n) is 5.79. The standard InChI is InChI=1S/C14H24N2O2S2/c1-11-2-4-12(5-3-11)6-7-16-20(17,18)14-8-13(9-15)10-19-14/h8,10-12,16H,2-7,9,15H2,1H3. The van der Waals surface area contributed by atoms with Crippen LogP contribution >= 0.6 is 11.3 Å². The molecule has 0 amide bonds. The van der Waals surface area contributed by atoms with Crippen LogP contribution in [0.5, 0.6) is 0 Å². The first-order valence-corrected chi connectivity index (χ1v) is 9.64. The van der Waals surface area contributed by atoms with Crippen molar-refractivity contribution in [2.45, 2.75) is 49.8 Å². The van der Waals surface area contributed by atoms with Crippen LogP contribution in [0.25, 0.3) is 0 Å². The van der Waals surface area contributed by atoms with Crippen molar-refractivity contribution in [3.63, 3.8) is 0 Å². The largest absolute Gasteiger partial charge is 0.326 e. The summed E-state index contributed by atoms with van der Waals surface area (Å²) in [6, 6.07) is 1.66. The summed E-state index contributed by atoms with van der Waals surface area (Å²) < 4.78 is 27.3. The van der Waals surface area contributed by atoms with Gasteiger partial charge in [0.25, 0.3) is 0 Å². The Kier molecular flexibility index (Phi) is 5.60. The summed E-state index contributed by atoms with van der Waals surface area (Å²) in [7, 11) is -3.35. The van der Waals surface area contributed by atoms with Crippen molar-refractivity contribution >= 4 is 21.4 Å². The van der Waals surface area contributed by atoms with Gasteiger partial charge in [-0.25, -0.2) is 13.1 Å². The number of nitrogens with two attached hydrogens (primary N) is 1. The smallest absolute Gasteiger partial charge is 0.250 e. The zero-order valence-electron chi connectivity index (χ0n) is 12.0. The first-order chi connectivity index (χ1) is 9.51. The second kappa shape index (κ2) is 7.02. The van der Waals surface area contributed by atoms with Gasteiger partial charge in [-0.05, 0) is 35.3 Å². The van der Waals surface area contributed by atoms with Gasteiger partial charge in [0.05, 0.1) is 0 Å². The molecule has 0 aliphatic heterocycles. The van der Waals surface area contributed by atoms with Gasteiger partial charge in [-0.15, -0.1) is 11.3 Å². The monoisotopic (exact) mass is 316 g/mol. The van der Waals surface area contributed by atoms with Crippen molar-refractivity contribution in [1.82, 2.24) is 4.72 Å². The lowest BCUT2D eigenvalue weighted by molar-refractivity contribution is 0.278. The van der Waals surface area contributed by atoms with Gasteiger partial charge in [0.15, 0.2) is 0 Å². The molecule has 4 nitrogen and oxygen atoms in total. The molecule has 1 heterocycles. The fourth-order valence-electron chi connectivity index (χ4n) is 2.69. The van der Waals surface area contributed by atoms with Crippen molar-refractivity contribution < 1.29 is 8.42 Å². The lowest BCUT2D eigenvalue weighted by atomic mass is 9.81. The first-order valence-electron chi connectivity index (χ1n) is 7.28. The van der Waals surface area contributed by atoms with Crippen molar-refractivity contribution in [2.24, 2.45) is 17.6 Å². The Morgan fingerprint density at radius 3 is 2.65 bits per heavy atom. The van der Waals surface area contributed by atoms with Crippen LogP contribution in [0.15, 0.2) is 15.7 Å². The Labute approximate surface area is 125 Å². The maximum absolute atomic E-state index is 12.1. The molecule has 3 N–H and O–H groups in total. The fourth-order valence-corrected chi connectivity index (χ4v) is 5.00. The van der Waals surface area contributed by atoms with E-state index < -0.39 is 10.0 Å². The molecule has 1 aliphatic carbocycles. The molecular weight excluding hydrogens is 292 g/mol. The minimum atomic E-state index is -3.35. The minimum absolute atomic E-state index is 0.371. The molecular formula is C14H24N2O2S2. The Morgan fingerprint density at radius 2 is 2.05 bits per heavy atom. The van der Waals surface area contributed by atoms with E-state index in [1.54, 1.807) is 11.4 Å². The number of hydrogen-bond donors (Lipinski definition) is 2. The molecule has 20 heavy (non-hydrogen) atoms. The normalized spacial score (nSPS) is 23.9. The highest BCUT2D eigenvalue weighted by Crippen LogP contribution is 2.30. The summed E-state index contributed by atoms with van der Waals surface area (Å²) in [5.41, 5.74) is 6.38. The van der Waals surface area contributed by atoms with E-state index in [0.29, 0.717) is 23.2 Å². The Balaban J connectivity index is 1.80. The summed E-state index contributed by atoms with van der Waals surface area (Å²) in [5, 5.41) is 1.80. The van der Waals surface area contributed by atoms with Crippen LogP contribution in [0, 0.1) is 11.8 Å². The van der Waals surface area contributed by atoms with Gasteiger partial charge in [-0.1, -0.05) is 32.6 Å². The van der Waals surface area contributed by atoms with E-state index in [2.05, 4.69) is 11.6 Å². The molecule has 0 spiro atoms. The third-order valence-electron chi connectivity index (χ3n) is 4.11. The molecule has 1 fully saturated rings. The van der Waals surface area contributed by atoms with E-state index >= 15 is 0 Å². The maximum Gasteiger partial charge on any atom is 0.250 e. The van der Waals surface area contributed by atoms with Gasteiger partial charge in [-0.3, -0.25) is 0 Å². The van der Waals surface area contributed by atoms with Gasteiger partial charge >= 0.3 is 0 Å². The predicted molar refractivity (Wildman–Crippen MR) is 83.1 cm³/mol. The summed E-state index contributed by atoms with van der Waals surface area (Å²) in [4.78, 5) is 0. The molecule has 0 radical (unpaired) electrons. The highest BCUT2D eigenvalue weighted by Gasteiger charge is 2.20. The molecule has 1 aromatic heterocycles.